The Balaban J connectivity index is 2.45. The molecular formula is C24H30Cl2FN3O4S. The van der Waals surface area contributed by atoms with E-state index in [-0.39, 0.29) is 40.5 Å². The van der Waals surface area contributed by atoms with Gasteiger partial charge >= 0.3 is 0 Å². The summed E-state index contributed by atoms with van der Waals surface area (Å²) in [5.74, 6) is -1.22. The molecule has 35 heavy (non-hydrogen) atoms. The quantitative estimate of drug-likeness (QED) is 0.451. The van der Waals surface area contributed by atoms with Crippen LogP contribution in [0.25, 0.3) is 0 Å². The molecule has 0 saturated carbocycles. The zero-order chi connectivity index (χ0) is 26.3. The maximum Gasteiger partial charge on any atom is 0.244 e. The second-order valence-electron chi connectivity index (χ2n) is 8.58. The molecular weight excluding hydrogens is 516 g/mol. The SMILES string of the molecule is CC[C@H](C(=O)NCC(C)C)N(Cc1ccc(F)cc1)C(=O)CN(c1cc(Cl)ccc1Cl)S(C)(=O)=O. The van der Waals surface area contributed by atoms with Crippen molar-refractivity contribution >= 4 is 50.7 Å². The van der Waals surface area contributed by atoms with Gasteiger partial charge in [-0.05, 0) is 48.2 Å². The second kappa shape index (κ2) is 12.6. The first-order valence-electron chi connectivity index (χ1n) is 11.1. The molecule has 0 aliphatic rings. The predicted octanol–water partition coefficient (Wildman–Crippen LogP) is 4.48. The monoisotopic (exact) mass is 545 g/mol. The zero-order valence-electron chi connectivity index (χ0n) is 20.1. The number of hydrogen-bond acceptors (Lipinski definition) is 4. The van der Waals surface area contributed by atoms with Crippen LogP contribution in [0.5, 0.6) is 0 Å². The van der Waals surface area contributed by atoms with E-state index in [0.29, 0.717) is 12.1 Å². The molecule has 0 spiro atoms. The van der Waals surface area contributed by atoms with E-state index < -0.39 is 34.3 Å². The van der Waals surface area contributed by atoms with E-state index in [1.807, 2.05) is 13.8 Å². The molecule has 0 aliphatic carbocycles. The van der Waals surface area contributed by atoms with Gasteiger partial charge in [0.05, 0.1) is 17.0 Å². The van der Waals surface area contributed by atoms with Crippen molar-refractivity contribution in [2.45, 2.75) is 39.8 Å². The van der Waals surface area contributed by atoms with Gasteiger partial charge < -0.3 is 10.2 Å². The van der Waals surface area contributed by atoms with Gasteiger partial charge in [-0.25, -0.2) is 12.8 Å². The lowest BCUT2D eigenvalue weighted by molar-refractivity contribution is -0.140. The lowest BCUT2D eigenvalue weighted by atomic mass is 10.1. The molecule has 2 rings (SSSR count). The Hall–Kier alpha value is -2.36. The van der Waals surface area contributed by atoms with Crippen molar-refractivity contribution in [2.75, 3.05) is 23.7 Å². The van der Waals surface area contributed by atoms with Crippen LogP contribution in [0.15, 0.2) is 42.5 Å². The van der Waals surface area contributed by atoms with Crippen LogP contribution in [0.4, 0.5) is 10.1 Å². The molecule has 7 nitrogen and oxygen atoms in total. The van der Waals surface area contributed by atoms with Crippen LogP contribution in [0, 0.1) is 11.7 Å². The van der Waals surface area contributed by atoms with Crippen molar-refractivity contribution in [3.8, 4) is 0 Å². The molecule has 0 saturated heterocycles. The number of amides is 2. The average Bonchev–Trinajstić information content (AvgIpc) is 2.78. The Morgan fingerprint density at radius 2 is 1.71 bits per heavy atom. The molecule has 1 atom stereocenters. The molecule has 192 valence electrons. The van der Waals surface area contributed by atoms with Gasteiger partial charge in [-0.15, -0.1) is 0 Å². The topological polar surface area (TPSA) is 86.8 Å². The number of carbonyl (C=O) groups excluding carboxylic acids is 2. The Morgan fingerprint density at radius 3 is 2.26 bits per heavy atom. The van der Waals surface area contributed by atoms with Gasteiger partial charge in [0.15, 0.2) is 0 Å². The van der Waals surface area contributed by atoms with Crippen LogP contribution in [-0.4, -0.2) is 50.5 Å². The molecule has 1 N–H and O–H groups in total. The number of hydrogen-bond donors (Lipinski definition) is 1. The summed E-state index contributed by atoms with van der Waals surface area (Å²) in [7, 11) is -3.95. The summed E-state index contributed by atoms with van der Waals surface area (Å²) in [5.41, 5.74) is 0.635. The average molecular weight is 546 g/mol. The number of anilines is 1. The van der Waals surface area contributed by atoms with Crippen LogP contribution in [0.3, 0.4) is 0 Å². The molecule has 0 fully saturated rings. The van der Waals surface area contributed by atoms with E-state index in [9.17, 15) is 22.4 Å². The number of nitrogens with zero attached hydrogens (tertiary/aromatic N) is 2. The molecule has 0 bridgehead atoms. The predicted molar refractivity (Wildman–Crippen MR) is 138 cm³/mol. The highest BCUT2D eigenvalue weighted by Gasteiger charge is 2.32. The summed E-state index contributed by atoms with van der Waals surface area (Å²) >= 11 is 12.3. The first-order valence-corrected chi connectivity index (χ1v) is 13.7. The van der Waals surface area contributed by atoms with E-state index in [1.54, 1.807) is 6.92 Å². The normalized spacial score (nSPS) is 12.3. The minimum absolute atomic E-state index is 0.0202. The van der Waals surface area contributed by atoms with Crippen molar-refractivity contribution in [1.29, 1.82) is 0 Å². The maximum absolute atomic E-state index is 13.6. The lowest BCUT2D eigenvalue weighted by Gasteiger charge is -2.33. The standard InChI is InChI=1S/C24H30Cl2FN3O4S/c1-5-21(24(32)28-13-16(2)3)29(14-17-6-9-19(27)10-7-17)23(31)15-30(35(4,33)34)22-12-18(25)8-11-20(22)26/h6-12,16,21H,5,13-15H2,1-4H3,(H,28,32)/t21-/m1/s1. The minimum Gasteiger partial charge on any atom is -0.354 e. The largest absolute Gasteiger partial charge is 0.354 e. The van der Waals surface area contributed by atoms with Crippen LogP contribution in [0.2, 0.25) is 10.0 Å². The maximum atomic E-state index is 13.6. The summed E-state index contributed by atoms with van der Waals surface area (Å²) < 4.78 is 39.6. The number of carbonyl (C=O) groups is 2. The lowest BCUT2D eigenvalue weighted by Crippen LogP contribution is -2.52. The fourth-order valence-electron chi connectivity index (χ4n) is 3.40. The van der Waals surface area contributed by atoms with Crippen molar-refractivity contribution < 1.29 is 22.4 Å². The van der Waals surface area contributed by atoms with Crippen LogP contribution in [-0.2, 0) is 26.2 Å². The first-order chi connectivity index (χ1) is 16.3. The highest BCUT2D eigenvalue weighted by atomic mass is 35.5. The summed E-state index contributed by atoms with van der Waals surface area (Å²) in [6, 6.07) is 8.96. The van der Waals surface area contributed by atoms with E-state index in [2.05, 4.69) is 5.32 Å². The van der Waals surface area contributed by atoms with E-state index >= 15 is 0 Å². The second-order valence-corrected chi connectivity index (χ2v) is 11.3. The van der Waals surface area contributed by atoms with E-state index in [1.165, 1.54) is 47.4 Å². The van der Waals surface area contributed by atoms with Gasteiger partial charge in [-0.3, -0.25) is 13.9 Å². The Bertz CT molecular complexity index is 1140. The molecule has 0 aromatic heterocycles. The molecule has 11 heteroatoms. The third-order valence-electron chi connectivity index (χ3n) is 5.19. The van der Waals surface area contributed by atoms with Crippen molar-refractivity contribution in [3.05, 3.63) is 63.9 Å². The summed E-state index contributed by atoms with van der Waals surface area (Å²) in [4.78, 5) is 27.9. The van der Waals surface area contributed by atoms with E-state index in [0.717, 1.165) is 10.6 Å². The zero-order valence-corrected chi connectivity index (χ0v) is 22.4. The highest BCUT2D eigenvalue weighted by Crippen LogP contribution is 2.31. The molecule has 2 aromatic carbocycles. The van der Waals surface area contributed by atoms with Crippen LogP contribution in [0.1, 0.15) is 32.8 Å². The molecule has 2 aromatic rings. The number of sulfonamides is 1. The van der Waals surface area contributed by atoms with Crippen molar-refractivity contribution in [2.24, 2.45) is 5.92 Å². The van der Waals surface area contributed by atoms with Gasteiger partial charge in [-0.2, -0.15) is 0 Å². The summed E-state index contributed by atoms with van der Waals surface area (Å²) in [6.45, 7) is 5.44. The number of halogens is 3. The van der Waals surface area contributed by atoms with Crippen molar-refractivity contribution in [3.63, 3.8) is 0 Å². The Labute approximate surface area is 216 Å². The Morgan fingerprint density at radius 1 is 1.09 bits per heavy atom. The molecule has 0 radical (unpaired) electrons. The Kier molecular flexibility index (Phi) is 10.4. The number of benzene rings is 2. The third kappa shape index (κ3) is 8.37. The molecule has 0 unspecified atom stereocenters. The summed E-state index contributed by atoms with van der Waals surface area (Å²) in [5, 5.41) is 3.17. The highest BCUT2D eigenvalue weighted by molar-refractivity contribution is 7.92. The molecule has 0 aliphatic heterocycles. The smallest absolute Gasteiger partial charge is 0.244 e. The molecule has 2 amide bonds. The summed E-state index contributed by atoms with van der Waals surface area (Å²) in [6.07, 6.45) is 1.24. The number of rotatable bonds is 11. The van der Waals surface area contributed by atoms with E-state index in [4.69, 9.17) is 23.2 Å². The first kappa shape index (κ1) is 28.9. The van der Waals surface area contributed by atoms with Gasteiger partial charge in [0.1, 0.15) is 18.4 Å². The van der Waals surface area contributed by atoms with Crippen LogP contribution >= 0.6 is 23.2 Å². The van der Waals surface area contributed by atoms with Crippen LogP contribution < -0.4 is 9.62 Å². The number of nitrogens with one attached hydrogen (secondary N) is 1. The fraction of sp³-hybridized carbons (Fsp3) is 0.417. The molecule has 0 heterocycles. The van der Waals surface area contributed by atoms with Crippen molar-refractivity contribution in [1.82, 2.24) is 10.2 Å². The van der Waals surface area contributed by atoms with Gasteiger partial charge in [-0.1, -0.05) is 56.1 Å². The third-order valence-corrected chi connectivity index (χ3v) is 6.87. The van der Waals surface area contributed by atoms with Gasteiger partial charge in [0.2, 0.25) is 21.8 Å². The van der Waals surface area contributed by atoms with Gasteiger partial charge in [0, 0.05) is 18.1 Å². The van der Waals surface area contributed by atoms with Gasteiger partial charge in [0.25, 0.3) is 0 Å². The fourth-order valence-corrected chi connectivity index (χ4v) is 4.69. The minimum atomic E-state index is -3.95.